The second-order valence-electron chi connectivity index (χ2n) is 5.67. The molecule has 114 valence electrons. The summed E-state index contributed by atoms with van der Waals surface area (Å²) in [4.78, 5) is 13.6. The van der Waals surface area contributed by atoms with E-state index in [4.69, 9.17) is 5.84 Å². The summed E-state index contributed by atoms with van der Waals surface area (Å²) in [6.45, 7) is 7.73. The SMILES string of the molecule is Cc1cc2c(NC(C)CN3CCCC3)nc(NN)nc2s1. The highest BCUT2D eigenvalue weighted by molar-refractivity contribution is 7.18. The molecule has 3 rings (SSSR count). The van der Waals surface area contributed by atoms with Gasteiger partial charge in [0.1, 0.15) is 10.6 Å². The van der Waals surface area contributed by atoms with Gasteiger partial charge < -0.3 is 10.2 Å². The van der Waals surface area contributed by atoms with Crippen LogP contribution in [-0.4, -0.2) is 40.5 Å². The average Bonchev–Trinajstić information content (AvgIpc) is 3.06. The summed E-state index contributed by atoms with van der Waals surface area (Å²) in [6, 6.07) is 2.47. The summed E-state index contributed by atoms with van der Waals surface area (Å²) in [5, 5.41) is 4.59. The highest BCUT2D eigenvalue weighted by Crippen LogP contribution is 2.29. The van der Waals surface area contributed by atoms with E-state index in [1.807, 2.05) is 0 Å². The number of anilines is 2. The minimum Gasteiger partial charge on any atom is -0.366 e. The fourth-order valence-corrected chi connectivity index (χ4v) is 3.73. The zero-order chi connectivity index (χ0) is 14.8. The van der Waals surface area contributed by atoms with Gasteiger partial charge in [-0.3, -0.25) is 5.43 Å². The first-order valence-electron chi connectivity index (χ1n) is 7.39. The molecule has 1 aliphatic heterocycles. The Bertz CT molecular complexity index is 619. The molecule has 0 amide bonds. The number of fused-ring (bicyclic) bond motifs is 1. The van der Waals surface area contributed by atoms with Crippen LogP contribution >= 0.6 is 11.3 Å². The van der Waals surface area contributed by atoms with Crippen LogP contribution in [-0.2, 0) is 0 Å². The van der Waals surface area contributed by atoms with Crippen LogP contribution in [0.4, 0.5) is 11.8 Å². The number of nitrogens with two attached hydrogens (primary N) is 1. The quantitative estimate of drug-likeness (QED) is 0.580. The van der Waals surface area contributed by atoms with Gasteiger partial charge in [0.2, 0.25) is 5.95 Å². The number of nitrogens with one attached hydrogen (secondary N) is 2. The van der Waals surface area contributed by atoms with E-state index in [9.17, 15) is 0 Å². The van der Waals surface area contributed by atoms with E-state index in [2.05, 4.69) is 45.5 Å². The van der Waals surface area contributed by atoms with Crippen LogP contribution in [0, 0.1) is 6.92 Å². The average molecular weight is 306 g/mol. The molecule has 1 fully saturated rings. The summed E-state index contributed by atoms with van der Waals surface area (Å²) in [7, 11) is 0. The lowest BCUT2D eigenvalue weighted by atomic mass is 10.3. The van der Waals surface area contributed by atoms with Gasteiger partial charge in [-0.2, -0.15) is 4.98 Å². The number of hydrogen-bond donors (Lipinski definition) is 3. The van der Waals surface area contributed by atoms with Crippen LogP contribution in [0.1, 0.15) is 24.6 Å². The Labute approximate surface area is 128 Å². The predicted molar refractivity (Wildman–Crippen MR) is 88.7 cm³/mol. The van der Waals surface area contributed by atoms with Gasteiger partial charge in [-0.05, 0) is 45.8 Å². The lowest BCUT2D eigenvalue weighted by molar-refractivity contribution is 0.327. The van der Waals surface area contributed by atoms with Crippen molar-refractivity contribution in [2.24, 2.45) is 5.84 Å². The van der Waals surface area contributed by atoms with Crippen molar-refractivity contribution < 1.29 is 0 Å². The van der Waals surface area contributed by atoms with Crippen LogP contribution in [0.2, 0.25) is 0 Å². The number of hydrogen-bond acceptors (Lipinski definition) is 7. The number of thiophene rings is 1. The first-order chi connectivity index (χ1) is 10.2. The van der Waals surface area contributed by atoms with Crippen LogP contribution in [0.25, 0.3) is 10.2 Å². The summed E-state index contributed by atoms with van der Waals surface area (Å²) in [6.07, 6.45) is 2.63. The van der Waals surface area contributed by atoms with E-state index in [1.165, 1.54) is 30.8 Å². The van der Waals surface area contributed by atoms with Crippen molar-refractivity contribution in [1.29, 1.82) is 0 Å². The Balaban J connectivity index is 1.81. The molecule has 0 saturated carbocycles. The van der Waals surface area contributed by atoms with Crippen LogP contribution in [0.3, 0.4) is 0 Å². The first-order valence-corrected chi connectivity index (χ1v) is 8.21. The van der Waals surface area contributed by atoms with Gasteiger partial charge in [0.15, 0.2) is 0 Å². The fraction of sp³-hybridized carbons (Fsp3) is 0.571. The van der Waals surface area contributed by atoms with Crippen molar-refractivity contribution in [3.63, 3.8) is 0 Å². The minimum atomic E-state index is 0.340. The van der Waals surface area contributed by atoms with Gasteiger partial charge in [-0.15, -0.1) is 11.3 Å². The van der Waals surface area contributed by atoms with Crippen molar-refractivity contribution in [2.75, 3.05) is 30.4 Å². The molecule has 2 aromatic rings. The number of nitrogens with zero attached hydrogens (tertiary/aromatic N) is 3. The normalized spacial score (nSPS) is 17.3. The maximum absolute atomic E-state index is 5.47. The maximum atomic E-state index is 5.47. The molecular formula is C14H22N6S. The number of nitrogen functional groups attached to an aromatic ring is 1. The van der Waals surface area contributed by atoms with Crippen molar-refractivity contribution in [3.8, 4) is 0 Å². The fourth-order valence-electron chi connectivity index (χ4n) is 2.85. The molecule has 1 saturated heterocycles. The Morgan fingerprint density at radius 3 is 2.86 bits per heavy atom. The molecule has 1 unspecified atom stereocenters. The van der Waals surface area contributed by atoms with E-state index in [-0.39, 0.29) is 0 Å². The van der Waals surface area contributed by atoms with E-state index >= 15 is 0 Å². The molecule has 0 aromatic carbocycles. The standard InChI is InChI=1S/C14H22N6S/c1-9(8-20-5-3-4-6-20)16-12-11-7-10(2)21-13(11)18-14(17-12)19-15/h7,9H,3-6,8,15H2,1-2H3,(H2,16,17,18,19). The van der Waals surface area contributed by atoms with Crippen molar-refractivity contribution in [1.82, 2.24) is 14.9 Å². The molecule has 0 aliphatic carbocycles. The van der Waals surface area contributed by atoms with Gasteiger partial charge in [0, 0.05) is 17.5 Å². The lowest BCUT2D eigenvalue weighted by Crippen LogP contribution is -2.33. The molecular weight excluding hydrogens is 284 g/mol. The van der Waals surface area contributed by atoms with Crippen LogP contribution < -0.4 is 16.6 Å². The highest BCUT2D eigenvalue weighted by atomic mass is 32.1. The monoisotopic (exact) mass is 306 g/mol. The number of aryl methyl sites for hydroxylation is 1. The third-order valence-electron chi connectivity index (χ3n) is 3.76. The lowest BCUT2D eigenvalue weighted by Gasteiger charge is -2.22. The topological polar surface area (TPSA) is 79.1 Å². The molecule has 1 aliphatic rings. The molecule has 6 nitrogen and oxygen atoms in total. The van der Waals surface area contributed by atoms with E-state index in [0.717, 1.165) is 22.6 Å². The van der Waals surface area contributed by atoms with E-state index in [0.29, 0.717) is 12.0 Å². The summed E-state index contributed by atoms with van der Waals surface area (Å²) in [5.74, 6) is 6.80. The van der Waals surface area contributed by atoms with Crippen molar-refractivity contribution in [3.05, 3.63) is 10.9 Å². The zero-order valence-electron chi connectivity index (χ0n) is 12.5. The van der Waals surface area contributed by atoms with Gasteiger partial charge in [-0.25, -0.2) is 10.8 Å². The smallest absolute Gasteiger partial charge is 0.240 e. The van der Waals surface area contributed by atoms with E-state index in [1.54, 1.807) is 11.3 Å². The summed E-state index contributed by atoms with van der Waals surface area (Å²) < 4.78 is 0. The van der Waals surface area contributed by atoms with Crippen molar-refractivity contribution >= 4 is 33.3 Å². The predicted octanol–water partition coefficient (Wildman–Crippen LogP) is 2.18. The van der Waals surface area contributed by atoms with Crippen molar-refractivity contribution in [2.45, 2.75) is 32.7 Å². The van der Waals surface area contributed by atoms with Gasteiger partial charge >= 0.3 is 0 Å². The second-order valence-corrected chi connectivity index (χ2v) is 6.90. The number of hydrazine groups is 1. The summed E-state index contributed by atoms with van der Waals surface area (Å²) in [5.41, 5.74) is 2.55. The molecule has 1 atom stereocenters. The largest absolute Gasteiger partial charge is 0.366 e. The molecule has 4 N–H and O–H groups in total. The maximum Gasteiger partial charge on any atom is 0.240 e. The Hall–Kier alpha value is -1.44. The number of rotatable bonds is 5. The molecule has 21 heavy (non-hydrogen) atoms. The molecule has 3 heterocycles. The summed E-state index contributed by atoms with van der Waals surface area (Å²) >= 11 is 1.66. The molecule has 0 bridgehead atoms. The highest BCUT2D eigenvalue weighted by Gasteiger charge is 2.17. The third kappa shape index (κ3) is 3.25. The Kier molecular flexibility index (Phi) is 4.23. The zero-order valence-corrected chi connectivity index (χ0v) is 13.3. The number of aromatic nitrogens is 2. The molecule has 2 aromatic heterocycles. The van der Waals surface area contributed by atoms with Crippen LogP contribution in [0.5, 0.6) is 0 Å². The Morgan fingerprint density at radius 1 is 1.38 bits per heavy atom. The van der Waals surface area contributed by atoms with E-state index < -0.39 is 0 Å². The number of likely N-dealkylation sites (tertiary alicyclic amines) is 1. The third-order valence-corrected chi connectivity index (χ3v) is 4.70. The molecule has 7 heteroatoms. The van der Waals surface area contributed by atoms with Gasteiger partial charge in [-0.1, -0.05) is 0 Å². The van der Waals surface area contributed by atoms with Crippen LogP contribution in [0.15, 0.2) is 6.07 Å². The second kappa shape index (κ2) is 6.13. The first kappa shape index (κ1) is 14.5. The molecule has 0 spiro atoms. The molecule has 0 radical (unpaired) electrons. The Morgan fingerprint density at radius 2 is 2.14 bits per heavy atom. The minimum absolute atomic E-state index is 0.340. The van der Waals surface area contributed by atoms with Gasteiger partial charge in [0.25, 0.3) is 0 Å². The van der Waals surface area contributed by atoms with Gasteiger partial charge in [0.05, 0.1) is 5.39 Å².